The Balaban J connectivity index is 2.07. The van der Waals surface area contributed by atoms with Crippen molar-refractivity contribution < 1.29 is 0 Å². The van der Waals surface area contributed by atoms with Gasteiger partial charge in [0.2, 0.25) is 0 Å². The number of benzene rings is 1. The van der Waals surface area contributed by atoms with Crippen molar-refractivity contribution >= 4 is 16.7 Å². The molecule has 0 saturated heterocycles. The number of aryl methyl sites for hydroxylation is 1. The SMILES string of the molecule is CCc1cc2ccc(C3=NCCN3)cc2[nH]1. The summed E-state index contributed by atoms with van der Waals surface area (Å²) in [6.07, 6.45) is 1.04. The molecule has 16 heavy (non-hydrogen) atoms. The monoisotopic (exact) mass is 213 g/mol. The molecule has 2 heterocycles. The molecule has 82 valence electrons. The number of rotatable bonds is 2. The van der Waals surface area contributed by atoms with Crippen LogP contribution in [-0.2, 0) is 6.42 Å². The molecule has 0 unspecified atom stereocenters. The average molecular weight is 213 g/mol. The van der Waals surface area contributed by atoms with Gasteiger partial charge in [-0.25, -0.2) is 0 Å². The second kappa shape index (κ2) is 3.67. The van der Waals surface area contributed by atoms with E-state index in [1.165, 1.54) is 22.2 Å². The summed E-state index contributed by atoms with van der Waals surface area (Å²) in [7, 11) is 0. The second-order valence-electron chi connectivity index (χ2n) is 4.11. The first-order valence-corrected chi connectivity index (χ1v) is 5.77. The lowest BCUT2D eigenvalue weighted by Gasteiger charge is -2.01. The molecule has 0 atom stereocenters. The number of nitrogens with one attached hydrogen (secondary N) is 2. The minimum Gasteiger partial charge on any atom is -0.368 e. The van der Waals surface area contributed by atoms with E-state index in [1.54, 1.807) is 0 Å². The van der Waals surface area contributed by atoms with Crippen LogP contribution in [0.2, 0.25) is 0 Å². The number of aromatic nitrogens is 1. The van der Waals surface area contributed by atoms with Crippen molar-refractivity contribution in [2.75, 3.05) is 13.1 Å². The summed E-state index contributed by atoms with van der Waals surface area (Å²) in [5.74, 6) is 1.02. The fourth-order valence-corrected chi connectivity index (χ4v) is 2.12. The molecule has 1 aliphatic heterocycles. The lowest BCUT2D eigenvalue weighted by molar-refractivity contribution is 0.960. The third-order valence-corrected chi connectivity index (χ3v) is 3.01. The Labute approximate surface area is 94.6 Å². The fourth-order valence-electron chi connectivity index (χ4n) is 2.12. The van der Waals surface area contributed by atoms with E-state index in [1.807, 2.05) is 0 Å². The number of aliphatic imine (C=N–C) groups is 1. The van der Waals surface area contributed by atoms with Gasteiger partial charge in [-0.1, -0.05) is 19.1 Å². The fraction of sp³-hybridized carbons (Fsp3) is 0.308. The molecule has 1 aromatic carbocycles. The zero-order chi connectivity index (χ0) is 11.0. The minimum absolute atomic E-state index is 0.887. The Kier molecular flexibility index (Phi) is 2.17. The number of fused-ring (bicyclic) bond motifs is 1. The highest BCUT2D eigenvalue weighted by atomic mass is 15.1. The van der Waals surface area contributed by atoms with E-state index in [-0.39, 0.29) is 0 Å². The van der Waals surface area contributed by atoms with E-state index in [2.05, 4.69) is 46.5 Å². The van der Waals surface area contributed by atoms with Crippen LogP contribution in [0.25, 0.3) is 10.9 Å². The Bertz CT molecular complexity index is 551. The van der Waals surface area contributed by atoms with Gasteiger partial charge < -0.3 is 10.3 Å². The summed E-state index contributed by atoms with van der Waals surface area (Å²) in [5.41, 5.74) is 3.66. The van der Waals surface area contributed by atoms with Crippen LogP contribution in [0.15, 0.2) is 29.3 Å². The molecule has 1 aromatic heterocycles. The van der Waals surface area contributed by atoms with Crippen LogP contribution < -0.4 is 5.32 Å². The predicted octanol–water partition coefficient (Wildman–Crippen LogP) is 2.08. The summed E-state index contributed by atoms with van der Waals surface area (Å²) >= 11 is 0. The Morgan fingerprint density at radius 2 is 2.25 bits per heavy atom. The lowest BCUT2D eigenvalue weighted by Crippen LogP contribution is -2.19. The number of nitrogens with zero attached hydrogens (tertiary/aromatic N) is 1. The van der Waals surface area contributed by atoms with Crippen LogP contribution in [-0.4, -0.2) is 23.9 Å². The van der Waals surface area contributed by atoms with Gasteiger partial charge in [-0.05, 0) is 23.9 Å². The number of amidine groups is 1. The Morgan fingerprint density at radius 1 is 1.31 bits per heavy atom. The topological polar surface area (TPSA) is 40.2 Å². The van der Waals surface area contributed by atoms with Crippen molar-refractivity contribution in [3.05, 3.63) is 35.5 Å². The summed E-state index contributed by atoms with van der Waals surface area (Å²) < 4.78 is 0. The van der Waals surface area contributed by atoms with E-state index in [0.29, 0.717) is 0 Å². The number of aromatic amines is 1. The van der Waals surface area contributed by atoms with Gasteiger partial charge in [0.25, 0.3) is 0 Å². The molecule has 3 rings (SSSR count). The lowest BCUT2D eigenvalue weighted by atomic mass is 10.1. The number of hydrogen-bond acceptors (Lipinski definition) is 2. The maximum atomic E-state index is 4.43. The smallest absolute Gasteiger partial charge is 0.128 e. The average Bonchev–Trinajstić information content (AvgIpc) is 2.96. The molecule has 2 aromatic rings. The van der Waals surface area contributed by atoms with Gasteiger partial charge in [0.15, 0.2) is 0 Å². The molecule has 1 aliphatic rings. The van der Waals surface area contributed by atoms with Gasteiger partial charge >= 0.3 is 0 Å². The second-order valence-corrected chi connectivity index (χ2v) is 4.11. The zero-order valence-corrected chi connectivity index (χ0v) is 9.38. The van der Waals surface area contributed by atoms with Crippen LogP contribution >= 0.6 is 0 Å². The van der Waals surface area contributed by atoms with Gasteiger partial charge in [-0.15, -0.1) is 0 Å². The molecule has 0 spiro atoms. The minimum atomic E-state index is 0.887. The molecule has 0 amide bonds. The van der Waals surface area contributed by atoms with Crippen molar-refractivity contribution in [1.29, 1.82) is 0 Å². The standard InChI is InChI=1S/C13H15N3/c1-2-11-7-9-3-4-10(8-12(9)16-11)13-14-5-6-15-13/h3-4,7-8,16H,2,5-6H2,1H3,(H,14,15). The van der Waals surface area contributed by atoms with E-state index in [0.717, 1.165) is 25.3 Å². The van der Waals surface area contributed by atoms with Crippen LogP contribution in [0.3, 0.4) is 0 Å². The Hall–Kier alpha value is -1.77. The van der Waals surface area contributed by atoms with E-state index < -0.39 is 0 Å². The molecular weight excluding hydrogens is 198 g/mol. The van der Waals surface area contributed by atoms with Gasteiger partial charge in [-0.2, -0.15) is 0 Å². The van der Waals surface area contributed by atoms with E-state index >= 15 is 0 Å². The third kappa shape index (κ3) is 1.48. The molecule has 2 N–H and O–H groups in total. The normalized spacial score (nSPS) is 15.2. The zero-order valence-electron chi connectivity index (χ0n) is 9.38. The highest BCUT2D eigenvalue weighted by molar-refractivity contribution is 6.02. The quantitative estimate of drug-likeness (QED) is 0.787. The summed E-state index contributed by atoms with van der Waals surface area (Å²) in [4.78, 5) is 7.86. The summed E-state index contributed by atoms with van der Waals surface area (Å²) in [5, 5.41) is 4.57. The first-order valence-electron chi connectivity index (χ1n) is 5.77. The highest BCUT2D eigenvalue weighted by Crippen LogP contribution is 2.18. The van der Waals surface area contributed by atoms with Gasteiger partial charge in [-0.3, -0.25) is 4.99 Å². The van der Waals surface area contributed by atoms with Crippen LogP contribution in [0, 0.1) is 0 Å². The van der Waals surface area contributed by atoms with Gasteiger partial charge in [0, 0.05) is 23.3 Å². The molecule has 0 radical (unpaired) electrons. The molecule has 0 aliphatic carbocycles. The van der Waals surface area contributed by atoms with E-state index in [9.17, 15) is 0 Å². The van der Waals surface area contributed by atoms with Crippen LogP contribution in [0.4, 0.5) is 0 Å². The van der Waals surface area contributed by atoms with Crippen molar-refractivity contribution in [1.82, 2.24) is 10.3 Å². The molecule has 0 fully saturated rings. The third-order valence-electron chi connectivity index (χ3n) is 3.01. The first kappa shape index (κ1) is 9.46. The molecule has 3 heteroatoms. The molecule has 0 bridgehead atoms. The maximum absolute atomic E-state index is 4.43. The Morgan fingerprint density at radius 3 is 3.00 bits per heavy atom. The predicted molar refractivity (Wildman–Crippen MR) is 67.1 cm³/mol. The van der Waals surface area contributed by atoms with Crippen molar-refractivity contribution in [3.8, 4) is 0 Å². The summed E-state index contributed by atoms with van der Waals surface area (Å²) in [6, 6.07) is 8.67. The first-order chi connectivity index (χ1) is 7.86. The highest BCUT2D eigenvalue weighted by Gasteiger charge is 2.09. The van der Waals surface area contributed by atoms with Gasteiger partial charge in [0.1, 0.15) is 5.84 Å². The van der Waals surface area contributed by atoms with Gasteiger partial charge in [0.05, 0.1) is 6.54 Å². The molecule has 3 nitrogen and oxygen atoms in total. The van der Waals surface area contributed by atoms with Crippen molar-refractivity contribution in [3.63, 3.8) is 0 Å². The van der Waals surface area contributed by atoms with E-state index in [4.69, 9.17) is 0 Å². The largest absolute Gasteiger partial charge is 0.368 e. The number of hydrogen-bond donors (Lipinski definition) is 2. The van der Waals surface area contributed by atoms with Crippen molar-refractivity contribution in [2.45, 2.75) is 13.3 Å². The van der Waals surface area contributed by atoms with Crippen LogP contribution in [0.1, 0.15) is 18.2 Å². The molecule has 0 saturated carbocycles. The van der Waals surface area contributed by atoms with Crippen LogP contribution in [0.5, 0.6) is 0 Å². The molecular formula is C13H15N3. The maximum Gasteiger partial charge on any atom is 0.128 e. The van der Waals surface area contributed by atoms with Crippen molar-refractivity contribution in [2.24, 2.45) is 4.99 Å². The number of H-pyrrole nitrogens is 1. The summed E-state index contributed by atoms with van der Waals surface area (Å²) in [6.45, 7) is 4.00.